The number of ether oxygens (including phenoxy) is 1. The van der Waals surface area contributed by atoms with E-state index in [0.717, 1.165) is 5.56 Å². The molecule has 160 valence electrons. The van der Waals surface area contributed by atoms with Gasteiger partial charge in [0.2, 0.25) is 5.91 Å². The standard InChI is InChI=1S/C26H28N2O3/c1-19(2)18-31-24-11-7-6-10-23(24)26(30)28-22-15-13-21(14-16-22)27-25(29)17-12-20-8-4-3-5-9-20/h3-11,13-16,19H,12,17-18H2,1-2H3,(H,27,29)(H,28,30). The van der Waals surface area contributed by atoms with Crippen LogP contribution in [0.15, 0.2) is 78.9 Å². The van der Waals surface area contributed by atoms with E-state index < -0.39 is 0 Å². The van der Waals surface area contributed by atoms with Crippen LogP contribution < -0.4 is 15.4 Å². The van der Waals surface area contributed by atoms with Gasteiger partial charge in [-0.2, -0.15) is 0 Å². The molecule has 0 saturated carbocycles. The molecule has 0 heterocycles. The second-order valence-electron chi connectivity index (χ2n) is 7.77. The number of benzene rings is 3. The first-order chi connectivity index (χ1) is 15.0. The van der Waals surface area contributed by atoms with E-state index in [1.807, 2.05) is 42.5 Å². The Hall–Kier alpha value is -3.60. The fourth-order valence-corrected chi connectivity index (χ4v) is 3.00. The molecular weight excluding hydrogens is 388 g/mol. The zero-order chi connectivity index (χ0) is 22.1. The van der Waals surface area contributed by atoms with Crippen molar-refractivity contribution in [1.29, 1.82) is 0 Å². The smallest absolute Gasteiger partial charge is 0.259 e. The van der Waals surface area contributed by atoms with Crippen LogP contribution in [-0.4, -0.2) is 18.4 Å². The number of anilines is 2. The molecular formula is C26H28N2O3. The first-order valence-corrected chi connectivity index (χ1v) is 10.5. The molecule has 0 aliphatic carbocycles. The minimum absolute atomic E-state index is 0.0446. The lowest BCUT2D eigenvalue weighted by atomic mass is 10.1. The molecule has 2 amide bonds. The Balaban J connectivity index is 1.54. The molecule has 0 atom stereocenters. The van der Waals surface area contributed by atoms with Crippen LogP contribution in [0.1, 0.15) is 36.2 Å². The van der Waals surface area contributed by atoms with Crippen molar-refractivity contribution < 1.29 is 14.3 Å². The minimum Gasteiger partial charge on any atom is -0.492 e. The maximum atomic E-state index is 12.7. The molecule has 31 heavy (non-hydrogen) atoms. The molecule has 0 radical (unpaired) electrons. The predicted molar refractivity (Wildman–Crippen MR) is 125 cm³/mol. The van der Waals surface area contributed by atoms with E-state index in [0.29, 0.717) is 48.1 Å². The van der Waals surface area contributed by atoms with Gasteiger partial charge >= 0.3 is 0 Å². The first kappa shape index (κ1) is 22.1. The summed E-state index contributed by atoms with van der Waals surface area (Å²) >= 11 is 0. The Bertz CT molecular complexity index is 999. The van der Waals surface area contributed by atoms with E-state index >= 15 is 0 Å². The molecule has 5 heteroatoms. The normalized spacial score (nSPS) is 10.5. The first-order valence-electron chi connectivity index (χ1n) is 10.5. The Labute approximate surface area is 183 Å². The van der Waals surface area contributed by atoms with Crippen molar-refractivity contribution in [2.24, 2.45) is 5.92 Å². The third kappa shape index (κ3) is 7.00. The summed E-state index contributed by atoms with van der Waals surface area (Å²) < 4.78 is 5.77. The summed E-state index contributed by atoms with van der Waals surface area (Å²) in [7, 11) is 0. The van der Waals surface area contributed by atoms with Gasteiger partial charge in [-0.1, -0.05) is 56.3 Å². The number of rotatable bonds is 9. The number of para-hydroxylation sites is 1. The van der Waals surface area contributed by atoms with Crippen LogP contribution in [0.2, 0.25) is 0 Å². The highest BCUT2D eigenvalue weighted by Crippen LogP contribution is 2.21. The average Bonchev–Trinajstić information content (AvgIpc) is 2.78. The molecule has 3 aromatic carbocycles. The Morgan fingerprint density at radius 2 is 1.42 bits per heavy atom. The van der Waals surface area contributed by atoms with Crippen molar-refractivity contribution in [1.82, 2.24) is 0 Å². The molecule has 0 aliphatic rings. The number of hydrogen-bond acceptors (Lipinski definition) is 3. The fourth-order valence-electron chi connectivity index (χ4n) is 3.00. The molecule has 0 fully saturated rings. The molecule has 3 rings (SSSR count). The lowest BCUT2D eigenvalue weighted by Gasteiger charge is -2.13. The highest BCUT2D eigenvalue weighted by Gasteiger charge is 2.13. The molecule has 0 saturated heterocycles. The van der Waals surface area contributed by atoms with E-state index in [4.69, 9.17) is 4.74 Å². The van der Waals surface area contributed by atoms with Gasteiger partial charge in [-0.15, -0.1) is 0 Å². The highest BCUT2D eigenvalue weighted by atomic mass is 16.5. The van der Waals surface area contributed by atoms with E-state index in [2.05, 4.69) is 24.5 Å². The average molecular weight is 417 g/mol. The van der Waals surface area contributed by atoms with Crippen LogP contribution in [-0.2, 0) is 11.2 Å². The van der Waals surface area contributed by atoms with Gasteiger partial charge in [0.15, 0.2) is 0 Å². The SMILES string of the molecule is CC(C)COc1ccccc1C(=O)Nc1ccc(NC(=O)CCc2ccccc2)cc1. The van der Waals surface area contributed by atoms with Crippen molar-refractivity contribution in [2.45, 2.75) is 26.7 Å². The van der Waals surface area contributed by atoms with E-state index in [1.54, 1.807) is 36.4 Å². The monoisotopic (exact) mass is 416 g/mol. The molecule has 3 aromatic rings. The van der Waals surface area contributed by atoms with Crippen molar-refractivity contribution in [3.63, 3.8) is 0 Å². The maximum Gasteiger partial charge on any atom is 0.259 e. The van der Waals surface area contributed by atoms with Gasteiger partial charge in [0.25, 0.3) is 5.91 Å². The Kier molecular flexibility index (Phi) is 7.82. The highest BCUT2D eigenvalue weighted by molar-refractivity contribution is 6.06. The van der Waals surface area contributed by atoms with Gasteiger partial charge in [0, 0.05) is 17.8 Å². The van der Waals surface area contributed by atoms with Crippen LogP contribution in [0.4, 0.5) is 11.4 Å². The Morgan fingerprint density at radius 1 is 0.806 bits per heavy atom. The van der Waals surface area contributed by atoms with Crippen molar-refractivity contribution in [3.8, 4) is 5.75 Å². The molecule has 2 N–H and O–H groups in total. The summed E-state index contributed by atoms with van der Waals surface area (Å²) in [6.07, 6.45) is 1.11. The Morgan fingerprint density at radius 3 is 2.10 bits per heavy atom. The van der Waals surface area contributed by atoms with Crippen molar-refractivity contribution in [3.05, 3.63) is 90.0 Å². The lowest BCUT2D eigenvalue weighted by molar-refractivity contribution is -0.116. The lowest BCUT2D eigenvalue weighted by Crippen LogP contribution is -2.15. The van der Waals surface area contributed by atoms with Gasteiger partial charge in [-0.3, -0.25) is 9.59 Å². The summed E-state index contributed by atoms with van der Waals surface area (Å²) in [4.78, 5) is 24.9. The van der Waals surface area contributed by atoms with Crippen LogP contribution in [0, 0.1) is 5.92 Å². The third-order valence-corrected chi connectivity index (χ3v) is 4.61. The van der Waals surface area contributed by atoms with Gasteiger partial charge in [0.1, 0.15) is 5.75 Å². The van der Waals surface area contributed by atoms with E-state index in [1.165, 1.54) is 0 Å². The number of carbonyl (C=O) groups excluding carboxylic acids is 2. The van der Waals surface area contributed by atoms with Crippen LogP contribution in [0.25, 0.3) is 0 Å². The zero-order valence-corrected chi connectivity index (χ0v) is 17.9. The second-order valence-corrected chi connectivity index (χ2v) is 7.77. The quantitative estimate of drug-likeness (QED) is 0.481. The summed E-state index contributed by atoms with van der Waals surface area (Å²) in [5, 5.41) is 5.77. The summed E-state index contributed by atoms with van der Waals surface area (Å²) in [6.45, 7) is 4.67. The predicted octanol–water partition coefficient (Wildman–Crippen LogP) is 5.55. The number of nitrogens with one attached hydrogen (secondary N) is 2. The molecule has 0 spiro atoms. The fraction of sp³-hybridized carbons (Fsp3) is 0.231. The largest absolute Gasteiger partial charge is 0.492 e. The topological polar surface area (TPSA) is 67.4 Å². The van der Waals surface area contributed by atoms with Gasteiger partial charge in [0.05, 0.1) is 12.2 Å². The second kappa shape index (κ2) is 11.0. The van der Waals surface area contributed by atoms with E-state index in [9.17, 15) is 9.59 Å². The van der Waals surface area contributed by atoms with Crippen LogP contribution >= 0.6 is 0 Å². The van der Waals surface area contributed by atoms with Crippen LogP contribution in [0.5, 0.6) is 5.75 Å². The maximum absolute atomic E-state index is 12.7. The number of carbonyl (C=O) groups is 2. The summed E-state index contributed by atoms with van der Waals surface area (Å²) in [5.74, 6) is 0.651. The van der Waals surface area contributed by atoms with Crippen molar-refractivity contribution >= 4 is 23.2 Å². The van der Waals surface area contributed by atoms with Gasteiger partial charge < -0.3 is 15.4 Å². The van der Waals surface area contributed by atoms with E-state index in [-0.39, 0.29) is 11.8 Å². The molecule has 0 aromatic heterocycles. The zero-order valence-electron chi connectivity index (χ0n) is 17.9. The molecule has 0 aliphatic heterocycles. The molecule has 0 bridgehead atoms. The summed E-state index contributed by atoms with van der Waals surface area (Å²) in [6, 6.07) is 24.2. The van der Waals surface area contributed by atoms with Crippen molar-refractivity contribution in [2.75, 3.05) is 17.2 Å². The molecule has 5 nitrogen and oxygen atoms in total. The third-order valence-electron chi connectivity index (χ3n) is 4.61. The number of hydrogen-bond donors (Lipinski definition) is 2. The molecule has 0 unspecified atom stereocenters. The summed E-state index contributed by atoms with van der Waals surface area (Å²) in [5.41, 5.74) is 2.96. The van der Waals surface area contributed by atoms with Crippen LogP contribution in [0.3, 0.4) is 0 Å². The number of amides is 2. The van der Waals surface area contributed by atoms with Gasteiger partial charge in [-0.05, 0) is 54.3 Å². The minimum atomic E-state index is -0.237. The van der Waals surface area contributed by atoms with Gasteiger partial charge in [-0.25, -0.2) is 0 Å². The number of aryl methyl sites for hydroxylation is 1.